The van der Waals surface area contributed by atoms with E-state index in [0.29, 0.717) is 0 Å². The third-order valence-electron chi connectivity index (χ3n) is 6.07. The highest BCUT2D eigenvalue weighted by Gasteiger charge is 2.48. The zero-order valence-corrected chi connectivity index (χ0v) is 16.3. The van der Waals surface area contributed by atoms with E-state index in [9.17, 15) is 0 Å². The number of rotatable bonds is 4. The van der Waals surface area contributed by atoms with Gasteiger partial charge in [-0.25, -0.2) is 0 Å². The van der Waals surface area contributed by atoms with Crippen LogP contribution in [0.4, 0.5) is 0 Å². The Labute approximate surface area is 152 Å². The van der Waals surface area contributed by atoms with Gasteiger partial charge >= 0.3 is 0 Å². The molecule has 3 unspecified atom stereocenters. The fourth-order valence-electron chi connectivity index (χ4n) is 5.04. The van der Waals surface area contributed by atoms with Crippen LogP contribution >= 0.6 is 0 Å². The zero-order valence-electron chi connectivity index (χ0n) is 15.3. The normalized spacial score (nSPS) is 25.6. The minimum absolute atomic E-state index is 0.748. The highest BCUT2D eigenvalue weighted by Crippen LogP contribution is 2.52. The highest BCUT2D eigenvalue weighted by molar-refractivity contribution is 6.73. The topological polar surface area (TPSA) is 9.23 Å². The predicted molar refractivity (Wildman–Crippen MR) is 108 cm³/mol. The molecule has 0 aromatic heterocycles. The molecule has 2 aromatic carbocycles. The van der Waals surface area contributed by atoms with Gasteiger partial charge in [0.1, 0.15) is 5.75 Å². The van der Waals surface area contributed by atoms with Crippen molar-refractivity contribution in [3.05, 3.63) is 66.7 Å². The van der Waals surface area contributed by atoms with E-state index in [0.717, 1.165) is 23.1 Å². The molecule has 130 valence electrons. The van der Waals surface area contributed by atoms with E-state index in [1.165, 1.54) is 36.8 Å². The molecule has 0 spiro atoms. The van der Waals surface area contributed by atoms with Gasteiger partial charge in [0, 0.05) is 0 Å². The zero-order chi connectivity index (χ0) is 17.3. The number of allylic oxidation sites excluding steroid dienone is 2. The van der Waals surface area contributed by atoms with E-state index >= 15 is 0 Å². The first-order valence-corrected chi connectivity index (χ1v) is 12.6. The molecule has 1 fully saturated rings. The van der Waals surface area contributed by atoms with Gasteiger partial charge in [-0.3, -0.25) is 0 Å². The first-order valence-electron chi connectivity index (χ1n) is 9.65. The first kappa shape index (κ1) is 16.7. The summed E-state index contributed by atoms with van der Waals surface area (Å²) in [6, 6.07) is 19.2. The molecule has 1 nitrogen and oxygen atoms in total. The Morgan fingerprint density at radius 2 is 1.56 bits per heavy atom. The van der Waals surface area contributed by atoms with Crippen LogP contribution in [0.25, 0.3) is 11.1 Å². The summed E-state index contributed by atoms with van der Waals surface area (Å²) in [6.45, 7) is 4.85. The fourth-order valence-corrected chi connectivity index (χ4v) is 8.69. The molecule has 1 saturated carbocycles. The van der Waals surface area contributed by atoms with Crippen LogP contribution in [0.2, 0.25) is 18.6 Å². The average molecular weight is 349 g/mol. The van der Waals surface area contributed by atoms with Crippen molar-refractivity contribution in [1.82, 2.24) is 0 Å². The predicted octanol–water partition coefficient (Wildman–Crippen LogP) is 6.68. The molecule has 2 aromatic rings. The van der Waals surface area contributed by atoms with Crippen LogP contribution in [0.1, 0.15) is 25.7 Å². The first-order chi connectivity index (χ1) is 12.1. The van der Waals surface area contributed by atoms with E-state index in [-0.39, 0.29) is 0 Å². The molecular formula is C23H28OSi. The third-order valence-corrected chi connectivity index (χ3v) is 9.34. The summed E-state index contributed by atoms with van der Waals surface area (Å²) in [5.41, 5.74) is 3.28. The summed E-state index contributed by atoms with van der Waals surface area (Å²) in [7, 11) is -1.79. The molecule has 4 rings (SSSR count). The van der Waals surface area contributed by atoms with Crippen molar-refractivity contribution in [3.8, 4) is 16.9 Å². The van der Waals surface area contributed by atoms with Gasteiger partial charge in [0.2, 0.25) is 8.32 Å². The van der Waals surface area contributed by atoms with Crippen molar-refractivity contribution in [2.24, 2.45) is 11.8 Å². The van der Waals surface area contributed by atoms with Crippen molar-refractivity contribution < 1.29 is 4.43 Å². The molecule has 0 N–H and O–H groups in total. The van der Waals surface area contributed by atoms with E-state index in [4.69, 9.17) is 4.43 Å². The highest BCUT2D eigenvalue weighted by atomic mass is 28.4. The third kappa shape index (κ3) is 3.45. The van der Waals surface area contributed by atoms with Crippen molar-refractivity contribution in [2.45, 2.75) is 44.3 Å². The maximum absolute atomic E-state index is 6.67. The Kier molecular flexibility index (Phi) is 4.55. The molecule has 2 heteroatoms. The van der Waals surface area contributed by atoms with E-state index in [1.807, 2.05) is 0 Å². The van der Waals surface area contributed by atoms with Gasteiger partial charge in [-0.1, -0.05) is 54.6 Å². The standard InChI is InChI=1S/C23H28OSi/c1-25(2,23-20-10-6-7-11-21(23)13-12-20)24-22-16-14-19(15-17-22)18-8-4-3-5-9-18/h3-6,8-10,14-17,20-21,23H,7,11-13H2,1-2H3. The molecule has 2 aliphatic carbocycles. The number of fused-ring (bicyclic) bond motifs is 2. The fraction of sp³-hybridized carbons (Fsp3) is 0.391. The Bertz CT molecular complexity index is 732. The summed E-state index contributed by atoms with van der Waals surface area (Å²) in [5, 5.41) is 0. The summed E-state index contributed by atoms with van der Waals surface area (Å²) in [4.78, 5) is 0. The lowest BCUT2D eigenvalue weighted by Gasteiger charge is -2.36. The molecule has 3 atom stereocenters. The summed E-state index contributed by atoms with van der Waals surface area (Å²) >= 11 is 0. The van der Waals surface area contributed by atoms with Crippen LogP contribution < -0.4 is 4.43 Å². The maximum atomic E-state index is 6.67. The monoisotopic (exact) mass is 348 g/mol. The van der Waals surface area contributed by atoms with Crippen molar-refractivity contribution in [3.63, 3.8) is 0 Å². The van der Waals surface area contributed by atoms with Crippen molar-refractivity contribution in [2.75, 3.05) is 0 Å². The summed E-state index contributed by atoms with van der Waals surface area (Å²) in [6.07, 6.45) is 10.3. The molecular weight excluding hydrogens is 320 g/mol. The SMILES string of the molecule is C[Si](C)(Oc1ccc(-c2ccccc2)cc1)C1C2C=CCCC1CC2. The maximum Gasteiger partial charge on any atom is 0.249 e. The molecule has 0 amide bonds. The van der Waals surface area contributed by atoms with Crippen molar-refractivity contribution in [1.29, 1.82) is 0 Å². The van der Waals surface area contributed by atoms with Gasteiger partial charge in [-0.15, -0.1) is 0 Å². The van der Waals surface area contributed by atoms with E-state index in [1.54, 1.807) is 0 Å². The second-order valence-corrected chi connectivity index (χ2v) is 12.2. The van der Waals surface area contributed by atoms with Gasteiger partial charge in [0.05, 0.1) is 0 Å². The lowest BCUT2D eigenvalue weighted by Crippen LogP contribution is -2.43. The lowest BCUT2D eigenvalue weighted by atomic mass is 10.0. The quantitative estimate of drug-likeness (QED) is 0.442. The Hall–Kier alpha value is -1.80. The molecule has 0 saturated heterocycles. The molecule has 2 bridgehead atoms. The summed E-state index contributed by atoms with van der Waals surface area (Å²) < 4.78 is 6.67. The lowest BCUT2D eigenvalue weighted by molar-refractivity contribution is 0.436. The van der Waals surface area contributed by atoms with Crippen LogP contribution in [0.5, 0.6) is 5.75 Å². The van der Waals surface area contributed by atoms with Crippen LogP contribution in [0, 0.1) is 11.8 Å². The van der Waals surface area contributed by atoms with Crippen molar-refractivity contribution >= 4 is 8.32 Å². The van der Waals surface area contributed by atoms with Gasteiger partial charge in [-0.05, 0) is 79.4 Å². The van der Waals surface area contributed by atoms with Crippen LogP contribution in [0.3, 0.4) is 0 Å². The Balaban J connectivity index is 1.52. The molecule has 25 heavy (non-hydrogen) atoms. The van der Waals surface area contributed by atoms with Crippen LogP contribution in [-0.2, 0) is 0 Å². The van der Waals surface area contributed by atoms with Crippen LogP contribution in [-0.4, -0.2) is 8.32 Å². The Morgan fingerprint density at radius 3 is 2.32 bits per heavy atom. The molecule has 2 aliphatic rings. The average Bonchev–Trinajstić information content (AvgIpc) is 2.90. The Morgan fingerprint density at radius 1 is 0.840 bits per heavy atom. The van der Waals surface area contributed by atoms with Gasteiger partial charge in [0.25, 0.3) is 0 Å². The largest absolute Gasteiger partial charge is 0.544 e. The van der Waals surface area contributed by atoms with Gasteiger partial charge in [0.15, 0.2) is 0 Å². The van der Waals surface area contributed by atoms with Crippen LogP contribution in [0.15, 0.2) is 66.7 Å². The minimum Gasteiger partial charge on any atom is -0.544 e. The van der Waals surface area contributed by atoms with Gasteiger partial charge in [-0.2, -0.15) is 0 Å². The summed E-state index contributed by atoms with van der Waals surface area (Å²) in [5.74, 6) is 2.66. The minimum atomic E-state index is -1.79. The molecule has 0 radical (unpaired) electrons. The number of benzene rings is 2. The van der Waals surface area contributed by atoms with E-state index < -0.39 is 8.32 Å². The molecule has 0 heterocycles. The number of hydrogen-bond acceptors (Lipinski definition) is 1. The number of hydrogen-bond donors (Lipinski definition) is 0. The second-order valence-electron chi connectivity index (χ2n) is 8.13. The second kappa shape index (κ2) is 6.84. The van der Waals surface area contributed by atoms with Gasteiger partial charge < -0.3 is 4.43 Å². The van der Waals surface area contributed by atoms with E-state index in [2.05, 4.69) is 79.8 Å². The molecule has 0 aliphatic heterocycles. The smallest absolute Gasteiger partial charge is 0.249 e.